The molecule has 0 saturated carbocycles. The molecule has 0 aliphatic rings. The van der Waals surface area contributed by atoms with Crippen LogP contribution in [0.4, 0.5) is 5.88 Å². The second kappa shape index (κ2) is 4.90. The Bertz CT molecular complexity index is 255. The molecule has 3 nitrogen and oxygen atoms in total. The zero-order valence-corrected chi connectivity index (χ0v) is 8.47. The molecule has 0 spiro atoms. The lowest BCUT2D eigenvalue weighted by molar-refractivity contribution is 0.426. The SMILES string of the molecule is CCCCc1noc(N)c1CCC. The van der Waals surface area contributed by atoms with E-state index in [1.54, 1.807) is 0 Å². The summed E-state index contributed by atoms with van der Waals surface area (Å²) in [5.41, 5.74) is 7.85. The van der Waals surface area contributed by atoms with Crippen molar-refractivity contribution >= 4 is 5.88 Å². The van der Waals surface area contributed by atoms with Gasteiger partial charge >= 0.3 is 0 Å². The molecule has 0 atom stereocenters. The summed E-state index contributed by atoms with van der Waals surface area (Å²) in [7, 11) is 0. The Labute approximate surface area is 79.3 Å². The molecule has 1 heterocycles. The third-order valence-electron chi connectivity index (χ3n) is 2.17. The molecule has 1 aromatic heterocycles. The maximum absolute atomic E-state index is 5.67. The van der Waals surface area contributed by atoms with Crippen molar-refractivity contribution in [2.24, 2.45) is 0 Å². The third-order valence-corrected chi connectivity index (χ3v) is 2.17. The standard InChI is InChI=1S/C10H18N2O/c1-3-5-7-9-8(6-4-2)10(11)13-12-9/h3-7,11H2,1-2H3. The van der Waals surface area contributed by atoms with E-state index in [9.17, 15) is 0 Å². The predicted octanol–water partition coefficient (Wildman–Crippen LogP) is 2.55. The van der Waals surface area contributed by atoms with Gasteiger partial charge in [-0.2, -0.15) is 0 Å². The van der Waals surface area contributed by atoms with Crippen molar-refractivity contribution in [2.75, 3.05) is 5.73 Å². The minimum atomic E-state index is 0.507. The number of hydrogen-bond acceptors (Lipinski definition) is 3. The van der Waals surface area contributed by atoms with Gasteiger partial charge in [0.15, 0.2) is 0 Å². The van der Waals surface area contributed by atoms with E-state index in [0.717, 1.165) is 36.9 Å². The molecule has 0 aliphatic carbocycles. The Morgan fingerprint density at radius 2 is 2.00 bits per heavy atom. The van der Waals surface area contributed by atoms with Crippen molar-refractivity contribution in [2.45, 2.75) is 46.0 Å². The van der Waals surface area contributed by atoms with Gasteiger partial charge in [-0.1, -0.05) is 31.8 Å². The van der Waals surface area contributed by atoms with Crippen LogP contribution < -0.4 is 5.73 Å². The zero-order chi connectivity index (χ0) is 9.68. The Balaban J connectivity index is 2.68. The highest BCUT2D eigenvalue weighted by atomic mass is 16.5. The number of nitrogens with two attached hydrogens (primary N) is 1. The monoisotopic (exact) mass is 182 g/mol. The molecule has 0 radical (unpaired) electrons. The van der Waals surface area contributed by atoms with E-state index in [1.165, 1.54) is 6.42 Å². The average Bonchev–Trinajstić information content (AvgIpc) is 2.46. The summed E-state index contributed by atoms with van der Waals surface area (Å²) < 4.78 is 4.97. The first-order valence-electron chi connectivity index (χ1n) is 5.02. The van der Waals surface area contributed by atoms with E-state index in [2.05, 4.69) is 19.0 Å². The summed E-state index contributed by atoms with van der Waals surface area (Å²) >= 11 is 0. The fourth-order valence-corrected chi connectivity index (χ4v) is 1.41. The summed E-state index contributed by atoms with van der Waals surface area (Å²) in [6, 6.07) is 0. The van der Waals surface area contributed by atoms with Gasteiger partial charge in [-0.25, -0.2) is 0 Å². The van der Waals surface area contributed by atoms with Crippen LogP contribution in [0.5, 0.6) is 0 Å². The number of nitrogens with zero attached hydrogens (tertiary/aromatic N) is 1. The van der Waals surface area contributed by atoms with Gasteiger partial charge in [0.25, 0.3) is 0 Å². The van der Waals surface area contributed by atoms with Crippen LogP contribution in [-0.2, 0) is 12.8 Å². The minimum absolute atomic E-state index is 0.507. The fourth-order valence-electron chi connectivity index (χ4n) is 1.41. The van der Waals surface area contributed by atoms with E-state index in [1.807, 2.05) is 0 Å². The predicted molar refractivity (Wildman–Crippen MR) is 53.5 cm³/mol. The van der Waals surface area contributed by atoms with Crippen molar-refractivity contribution in [1.29, 1.82) is 0 Å². The van der Waals surface area contributed by atoms with Crippen LogP contribution in [-0.4, -0.2) is 5.16 Å². The average molecular weight is 182 g/mol. The normalized spacial score (nSPS) is 10.6. The molecule has 2 N–H and O–H groups in total. The quantitative estimate of drug-likeness (QED) is 0.761. The van der Waals surface area contributed by atoms with Gasteiger partial charge in [-0.15, -0.1) is 0 Å². The lowest BCUT2D eigenvalue weighted by Crippen LogP contribution is -1.95. The minimum Gasteiger partial charge on any atom is -0.367 e. The summed E-state index contributed by atoms with van der Waals surface area (Å²) in [6.45, 7) is 4.30. The summed E-state index contributed by atoms with van der Waals surface area (Å²) in [5, 5.41) is 3.97. The van der Waals surface area contributed by atoms with Crippen LogP contribution in [0.15, 0.2) is 4.52 Å². The van der Waals surface area contributed by atoms with Gasteiger partial charge in [0.1, 0.15) is 0 Å². The molecule has 0 saturated heterocycles. The first-order valence-corrected chi connectivity index (χ1v) is 5.02. The molecule has 0 aromatic carbocycles. The third kappa shape index (κ3) is 2.47. The molecule has 0 amide bonds. The number of anilines is 1. The van der Waals surface area contributed by atoms with E-state index in [-0.39, 0.29) is 0 Å². The van der Waals surface area contributed by atoms with Crippen molar-refractivity contribution < 1.29 is 4.52 Å². The van der Waals surface area contributed by atoms with Crippen LogP contribution in [0.1, 0.15) is 44.4 Å². The molecular formula is C10H18N2O. The molecule has 0 aliphatic heterocycles. The lowest BCUT2D eigenvalue weighted by atomic mass is 10.1. The second-order valence-electron chi connectivity index (χ2n) is 3.33. The van der Waals surface area contributed by atoms with Gasteiger partial charge in [-0.3, -0.25) is 0 Å². The first-order chi connectivity index (χ1) is 6.29. The Kier molecular flexibility index (Phi) is 3.80. The smallest absolute Gasteiger partial charge is 0.225 e. The Morgan fingerprint density at radius 1 is 1.23 bits per heavy atom. The van der Waals surface area contributed by atoms with E-state index >= 15 is 0 Å². The summed E-state index contributed by atoms with van der Waals surface area (Å²) in [4.78, 5) is 0. The summed E-state index contributed by atoms with van der Waals surface area (Å²) in [5.74, 6) is 0.507. The lowest BCUT2D eigenvalue weighted by Gasteiger charge is -1.98. The molecule has 0 bridgehead atoms. The van der Waals surface area contributed by atoms with Crippen molar-refractivity contribution in [3.8, 4) is 0 Å². The molecule has 1 rings (SSSR count). The van der Waals surface area contributed by atoms with Crippen LogP contribution in [0.3, 0.4) is 0 Å². The maximum Gasteiger partial charge on any atom is 0.225 e. The number of nitrogen functional groups attached to an aromatic ring is 1. The largest absolute Gasteiger partial charge is 0.367 e. The summed E-state index contributed by atoms with van der Waals surface area (Å²) in [6.07, 6.45) is 5.40. The van der Waals surface area contributed by atoms with Gasteiger partial charge in [0, 0.05) is 5.56 Å². The van der Waals surface area contributed by atoms with E-state index in [0.29, 0.717) is 5.88 Å². The molecule has 74 valence electrons. The van der Waals surface area contributed by atoms with E-state index in [4.69, 9.17) is 10.3 Å². The van der Waals surface area contributed by atoms with Crippen LogP contribution >= 0.6 is 0 Å². The fraction of sp³-hybridized carbons (Fsp3) is 0.700. The number of unbranched alkanes of at least 4 members (excludes halogenated alkanes) is 1. The second-order valence-corrected chi connectivity index (χ2v) is 3.33. The van der Waals surface area contributed by atoms with Gasteiger partial charge in [0.2, 0.25) is 5.88 Å². The van der Waals surface area contributed by atoms with Crippen molar-refractivity contribution in [3.63, 3.8) is 0 Å². The molecule has 0 fully saturated rings. The van der Waals surface area contributed by atoms with Gasteiger partial charge in [0.05, 0.1) is 5.69 Å². The van der Waals surface area contributed by atoms with Gasteiger partial charge in [-0.05, 0) is 19.3 Å². The molecule has 1 aromatic rings. The van der Waals surface area contributed by atoms with E-state index < -0.39 is 0 Å². The number of aryl methyl sites for hydroxylation is 1. The topological polar surface area (TPSA) is 52.0 Å². The first kappa shape index (κ1) is 10.1. The van der Waals surface area contributed by atoms with Crippen molar-refractivity contribution in [1.82, 2.24) is 5.16 Å². The Hall–Kier alpha value is -0.990. The Morgan fingerprint density at radius 3 is 2.62 bits per heavy atom. The molecule has 0 unspecified atom stereocenters. The molecule has 13 heavy (non-hydrogen) atoms. The maximum atomic E-state index is 5.67. The van der Waals surface area contributed by atoms with Gasteiger partial charge < -0.3 is 10.3 Å². The highest BCUT2D eigenvalue weighted by Gasteiger charge is 2.11. The van der Waals surface area contributed by atoms with Crippen LogP contribution in [0.25, 0.3) is 0 Å². The van der Waals surface area contributed by atoms with Crippen molar-refractivity contribution in [3.05, 3.63) is 11.3 Å². The highest BCUT2D eigenvalue weighted by Crippen LogP contribution is 2.19. The van der Waals surface area contributed by atoms with Crippen LogP contribution in [0.2, 0.25) is 0 Å². The molecular weight excluding hydrogens is 164 g/mol. The number of aromatic nitrogens is 1. The molecule has 3 heteroatoms. The zero-order valence-electron chi connectivity index (χ0n) is 8.47. The number of rotatable bonds is 5. The highest BCUT2D eigenvalue weighted by molar-refractivity contribution is 5.39. The van der Waals surface area contributed by atoms with Crippen LogP contribution in [0, 0.1) is 0 Å². The number of hydrogen-bond donors (Lipinski definition) is 1.